The molecule has 0 fully saturated rings. The van der Waals surface area contributed by atoms with Crippen molar-refractivity contribution in [2.75, 3.05) is 0 Å². The summed E-state index contributed by atoms with van der Waals surface area (Å²) in [4.78, 5) is -0.173. The molecule has 0 aliphatic carbocycles. The predicted molar refractivity (Wildman–Crippen MR) is 52.1 cm³/mol. The molecule has 0 aliphatic rings. The van der Waals surface area contributed by atoms with E-state index >= 15 is 0 Å². The maximum atomic E-state index is 12.4. The molecular formula is C8H8BrFO2S. The Kier molecular flexibility index (Phi) is 3.08. The predicted octanol–water partition coefficient (Wildman–Crippen LogP) is 2.80. The van der Waals surface area contributed by atoms with Crippen LogP contribution in [-0.2, 0) is 10.2 Å². The minimum Gasteiger partial charge on any atom is -0.189 e. The molecule has 2 nitrogen and oxygen atoms in total. The summed E-state index contributed by atoms with van der Waals surface area (Å²) >= 11 is 3.31. The highest BCUT2D eigenvalue weighted by Crippen LogP contribution is 2.23. The Morgan fingerprint density at radius 3 is 2.08 bits per heavy atom. The van der Waals surface area contributed by atoms with Crippen LogP contribution in [-0.4, -0.2) is 8.42 Å². The molecule has 1 rings (SSSR count). The number of alkyl halides is 1. The normalized spacial score (nSPS) is 14.1. The summed E-state index contributed by atoms with van der Waals surface area (Å²) in [6.07, 6.45) is 0. The smallest absolute Gasteiger partial charge is 0.189 e. The van der Waals surface area contributed by atoms with Crippen molar-refractivity contribution < 1.29 is 12.3 Å². The quantitative estimate of drug-likeness (QED) is 0.610. The highest BCUT2D eigenvalue weighted by Gasteiger charge is 2.11. The van der Waals surface area contributed by atoms with Crippen LogP contribution in [0.4, 0.5) is 3.89 Å². The molecule has 72 valence electrons. The molecule has 1 aromatic rings. The first-order valence-corrected chi connectivity index (χ1v) is 5.90. The third-order valence-corrected chi connectivity index (χ3v) is 2.98. The first kappa shape index (κ1) is 10.7. The third-order valence-electron chi connectivity index (χ3n) is 1.62. The first-order chi connectivity index (χ1) is 5.91. The van der Waals surface area contributed by atoms with Gasteiger partial charge in [0.1, 0.15) is 0 Å². The molecule has 0 heterocycles. The van der Waals surface area contributed by atoms with Crippen molar-refractivity contribution in [3.8, 4) is 0 Å². The summed E-state index contributed by atoms with van der Waals surface area (Å²) in [5.41, 5.74) is 0.910. The molecule has 0 bridgehead atoms. The fourth-order valence-corrected chi connectivity index (χ4v) is 1.66. The van der Waals surface area contributed by atoms with E-state index in [-0.39, 0.29) is 9.72 Å². The summed E-state index contributed by atoms with van der Waals surface area (Å²) in [7, 11) is -4.56. The van der Waals surface area contributed by atoms with Crippen molar-refractivity contribution in [1.82, 2.24) is 0 Å². The summed E-state index contributed by atoms with van der Waals surface area (Å²) in [6.45, 7) is 1.90. The zero-order chi connectivity index (χ0) is 10.1. The number of halogens is 2. The standard InChI is InChI=1S/C8H8BrFO2S/c1-6(9)7-2-4-8(5-3-7)13(10,11)12/h2-6H,1H3/t6-/m0/s1. The van der Waals surface area contributed by atoms with Crippen molar-refractivity contribution in [2.45, 2.75) is 16.6 Å². The van der Waals surface area contributed by atoms with E-state index in [4.69, 9.17) is 0 Å². The fourth-order valence-electron chi connectivity index (χ4n) is 0.896. The lowest BCUT2D eigenvalue weighted by molar-refractivity contribution is 0.552. The van der Waals surface area contributed by atoms with Gasteiger partial charge in [-0.25, -0.2) is 0 Å². The van der Waals surface area contributed by atoms with E-state index in [2.05, 4.69) is 15.9 Å². The molecule has 0 unspecified atom stereocenters. The van der Waals surface area contributed by atoms with Gasteiger partial charge >= 0.3 is 10.2 Å². The number of hydrogen-bond donors (Lipinski definition) is 0. The van der Waals surface area contributed by atoms with E-state index in [0.29, 0.717) is 0 Å². The SMILES string of the molecule is C[C@H](Br)c1ccc(S(=O)(=O)F)cc1. The molecule has 13 heavy (non-hydrogen) atoms. The number of hydrogen-bond acceptors (Lipinski definition) is 2. The molecule has 0 saturated carbocycles. The average Bonchev–Trinajstić information content (AvgIpc) is 2.03. The molecule has 0 amide bonds. The van der Waals surface area contributed by atoms with Crippen LogP contribution in [0.1, 0.15) is 17.3 Å². The van der Waals surface area contributed by atoms with Crippen LogP contribution in [0.25, 0.3) is 0 Å². The van der Waals surface area contributed by atoms with E-state index in [1.807, 2.05) is 6.92 Å². The van der Waals surface area contributed by atoms with E-state index in [0.717, 1.165) is 5.56 Å². The lowest BCUT2D eigenvalue weighted by atomic mass is 10.2. The fraction of sp³-hybridized carbons (Fsp3) is 0.250. The molecule has 1 atom stereocenters. The molecule has 0 radical (unpaired) electrons. The summed E-state index contributed by atoms with van der Waals surface area (Å²) in [5, 5.41) is 0. The summed E-state index contributed by atoms with van der Waals surface area (Å²) in [5.74, 6) is 0. The van der Waals surface area contributed by atoms with Crippen LogP contribution in [0.2, 0.25) is 0 Å². The molecule has 0 aliphatic heterocycles. The topological polar surface area (TPSA) is 34.1 Å². The second kappa shape index (κ2) is 3.75. The van der Waals surface area contributed by atoms with Gasteiger partial charge in [0.2, 0.25) is 0 Å². The van der Waals surface area contributed by atoms with Crippen LogP contribution in [0.3, 0.4) is 0 Å². The van der Waals surface area contributed by atoms with Gasteiger partial charge in [-0.3, -0.25) is 0 Å². The Morgan fingerprint density at radius 2 is 1.77 bits per heavy atom. The van der Waals surface area contributed by atoms with Crippen LogP contribution >= 0.6 is 15.9 Å². The zero-order valence-electron chi connectivity index (χ0n) is 6.87. The van der Waals surface area contributed by atoms with Crippen molar-refractivity contribution in [3.63, 3.8) is 0 Å². The van der Waals surface area contributed by atoms with Gasteiger partial charge in [-0.15, -0.1) is 3.89 Å². The van der Waals surface area contributed by atoms with E-state index in [9.17, 15) is 12.3 Å². The highest BCUT2D eigenvalue weighted by atomic mass is 79.9. The van der Waals surface area contributed by atoms with Gasteiger partial charge in [0.05, 0.1) is 4.90 Å². The monoisotopic (exact) mass is 266 g/mol. The van der Waals surface area contributed by atoms with Crippen LogP contribution in [0.5, 0.6) is 0 Å². The lowest BCUT2D eigenvalue weighted by Crippen LogP contribution is -1.92. The van der Waals surface area contributed by atoms with Gasteiger partial charge in [0.25, 0.3) is 0 Å². The first-order valence-electron chi connectivity index (χ1n) is 3.60. The minimum absolute atomic E-state index is 0.129. The van der Waals surface area contributed by atoms with Crippen molar-refractivity contribution >= 4 is 26.2 Å². The number of benzene rings is 1. The lowest BCUT2D eigenvalue weighted by Gasteiger charge is -2.02. The molecule has 0 aromatic heterocycles. The van der Waals surface area contributed by atoms with Gasteiger partial charge in [-0.1, -0.05) is 28.1 Å². The Balaban J connectivity index is 3.08. The highest BCUT2D eigenvalue weighted by molar-refractivity contribution is 9.09. The van der Waals surface area contributed by atoms with Gasteiger partial charge in [0.15, 0.2) is 0 Å². The maximum Gasteiger partial charge on any atom is 0.332 e. The van der Waals surface area contributed by atoms with E-state index in [1.54, 1.807) is 12.1 Å². The van der Waals surface area contributed by atoms with Crippen molar-refractivity contribution in [1.29, 1.82) is 0 Å². The van der Waals surface area contributed by atoms with Gasteiger partial charge in [-0.05, 0) is 24.6 Å². The Hall–Kier alpha value is -0.420. The Bertz CT molecular complexity index is 383. The van der Waals surface area contributed by atoms with Crippen LogP contribution < -0.4 is 0 Å². The largest absolute Gasteiger partial charge is 0.332 e. The molecule has 1 aromatic carbocycles. The van der Waals surface area contributed by atoms with E-state index in [1.165, 1.54) is 12.1 Å². The van der Waals surface area contributed by atoms with Gasteiger partial charge in [-0.2, -0.15) is 8.42 Å². The van der Waals surface area contributed by atoms with Gasteiger partial charge < -0.3 is 0 Å². The minimum atomic E-state index is -4.56. The maximum absolute atomic E-state index is 12.4. The second-order valence-electron chi connectivity index (χ2n) is 2.62. The molecule has 5 heteroatoms. The molecular weight excluding hydrogens is 259 g/mol. The van der Waals surface area contributed by atoms with Crippen molar-refractivity contribution in [2.24, 2.45) is 0 Å². The van der Waals surface area contributed by atoms with Crippen LogP contribution in [0.15, 0.2) is 29.2 Å². The summed E-state index contributed by atoms with van der Waals surface area (Å²) < 4.78 is 33.3. The second-order valence-corrected chi connectivity index (χ2v) is 5.34. The van der Waals surface area contributed by atoms with E-state index < -0.39 is 10.2 Å². The average molecular weight is 267 g/mol. The van der Waals surface area contributed by atoms with Crippen LogP contribution in [0, 0.1) is 0 Å². The molecule has 0 spiro atoms. The summed E-state index contributed by atoms with van der Waals surface area (Å²) in [6, 6.07) is 5.66. The Labute approximate surface area is 85.1 Å². The molecule has 0 saturated heterocycles. The molecule has 0 N–H and O–H groups in total. The van der Waals surface area contributed by atoms with Crippen molar-refractivity contribution in [3.05, 3.63) is 29.8 Å². The number of rotatable bonds is 2. The third kappa shape index (κ3) is 2.77. The Morgan fingerprint density at radius 1 is 1.31 bits per heavy atom. The zero-order valence-corrected chi connectivity index (χ0v) is 9.27. The van der Waals surface area contributed by atoms with Gasteiger partial charge in [0, 0.05) is 4.83 Å².